The van der Waals surface area contributed by atoms with Crippen molar-refractivity contribution in [3.63, 3.8) is 0 Å². The van der Waals surface area contributed by atoms with Crippen LogP contribution in [0, 0.1) is 0 Å². The Morgan fingerprint density at radius 2 is 1.28 bits per heavy atom. The van der Waals surface area contributed by atoms with Gasteiger partial charge < -0.3 is 4.90 Å². The molecule has 54 heavy (non-hydrogen) atoms. The SMILES string of the molecule is C=CC1=C(C=C(C)C)C(C)(C)c2cc(/C=C/c3ccc(-c4ccc(N5c6ccccc6S(CC)(CC)c6ccccc65)c5ccccc45)cc3)ccc2C1. The van der Waals surface area contributed by atoms with Gasteiger partial charge in [0.1, 0.15) is 0 Å². The molecule has 0 unspecified atom stereocenters. The highest BCUT2D eigenvalue weighted by Gasteiger charge is 2.38. The second-order valence-electron chi connectivity index (χ2n) is 15.4. The zero-order valence-electron chi connectivity index (χ0n) is 32.6. The second kappa shape index (κ2) is 14.2. The van der Waals surface area contributed by atoms with Crippen molar-refractivity contribution >= 4 is 50.0 Å². The van der Waals surface area contributed by atoms with E-state index in [1.54, 1.807) is 0 Å². The van der Waals surface area contributed by atoms with Crippen molar-refractivity contribution in [2.45, 2.75) is 63.2 Å². The lowest BCUT2D eigenvalue weighted by molar-refractivity contribution is 0.609. The van der Waals surface area contributed by atoms with E-state index < -0.39 is 10.0 Å². The van der Waals surface area contributed by atoms with Gasteiger partial charge in [0.2, 0.25) is 0 Å². The van der Waals surface area contributed by atoms with Crippen LogP contribution in [0.3, 0.4) is 0 Å². The van der Waals surface area contributed by atoms with Crippen LogP contribution in [-0.4, -0.2) is 11.5 Å². The van der Waals surface area contributed by atoms with E-state index >= 15 is 0 Å². The highest BCUT2D eigenvalue weighted by atomic mass is 32.3. The molecule has 2 heteroatoms. The monoisotopic (exact) mass is 721 g/mol. The fourth-order valence-corrected chi connectivity index (χ4v) is 12.7. The van der Waals surface area contributed by atoms with Gasteiger partial charge in [-0.3, -0.25) is 0 Å². The van der Waals surface area contributed by atoms with Crippen LogP contribution in [0.2, 0.25) is 0 Å². The average Bonchev–Trinajstić information content (AvgIpc) is 3.20. The number of rotatable bonds is 8. The third-order valence-electron chi connectivity index (χ3n) is 11.8. The number of hydrogen-bond acceptors (Lipinski definition) is 1. The van der Waals surface area contributed by atoms with E-state index in [0.29, 0.717) is 0 Å². The van der Waals surface area contributed by atoms with E-state index in [9.17, 15) is 0 Å². The first kappa shape index (κ1) is 35.7. The van der Waals surface area contributed by atoms with Gasteiger partial charge in [0.25, 0.3) is 0 Å². The van der Waals surface area contributed by atoms with E-state index in [0.717, 1.165) is 17.9 Å². The summed E-state index contributed by atoms with van der Waals surface area (Å²) in [6.45, 7) is 18.0. The number of nitrogens with zero attached hydrogens (tertiary/aromatic N) is 1. The minimum absolute atomic E-state index is 0.0877. The van der Waals surface area contributed by atoms with E-state index in [-0.39, 0.29) is 5.41 Å². The molecule has 0 saturated heterocycles. The van der Waals surface area contributed by atoms with Gasteiger partial charge in [-0.05, 0) is 112 Å². The van der Waals surface area contributed by atoms with Crippen molar-refractivity contribution in [2.24, 2.45) is 0 Å². The Kier molecular flexibility index (Phi) is 9.36. The average molecular weight is 722 g/mol. The lowest BCUT2D eigenvalue weighted by atomic mass is 9.68. The van der Waals surface area contributed by atoms with Gasteiger partial charge in [-0.2, -0.15) is 10.0 Å². The van der Waals surface area contributed by atoms with Gasteiger partial charge in [0.15, 0.2) is 0 Å². The lowest BCUT2D eigenvalue weighted by Gasteiger charge is -2.48. The molecule has 0 fully saturated rings. The number of benzene rings is 6. The quantitative estimate of drug-likeness (QED) is 0.141. The number of anilines is 3. The third-order valence-corrected chi connectivity index (χ3v) is 16.1. The molecule has 0 amide bonds. The van der Waals surface area contributed by atoms with E-state index in [4.69, 9.17) is 0 Å². The molecule has 1 nitrogen and oxygen atoms in total. The summed E-state index contributed by atoms with van der Waals surface area (Å²) >= 11 is 0. The number of allylic oxidation sites excluding steroid dienone is 5. The van der Waals surface area contributed by atoms with Crippen molar-refractivity contribution < 1.29 is 0 Å². The van der Waals surface area contributed by atoms with Crippen molar-refractivity contribution in [1.29, 1.82) is 0 Å². The lowest BCUT2D eigenvalue weighted by Crippen LogP contribution is -2.27. The van der Waals surface area contributed by atoms with Crippen LogP contribution in [-0.2, 0) is 11.8 Å². The predicted molar refractivity (Wildman–Crippen MR) is 238 cm³/mol. The normalized spacial score (nSPS) is 16.1. The van der Waals surface area contributed by atoms with Crippen LogP contribution in [0.25, 0.3) is 34.1 Å². The zero-order chi connectivity index (χ0) is 37.6. The van der Waals surface area contributed by atoms with Gasteiger partial charge in [0, 0.05) is 20.6 Å². The molecule has 0 bridgehead atoms. The van der Waals surface area contributed by atoms with Crippen molar-refractivity contribution in [1.82, 2.24) is 0 Å². The van der Waals surface area contributed by atoms with Crippen LogP contribution in [0.1, 0.15) is 63.8 Å². The van der Waals surface area contributed by atoms with E-state index in [2.05, 4.69) is 199 Å². The summed E-state index contributed by atoms with van der Waals surface area (Å²) in [5, 5.41) is 2.53. The summed E-state index contributed by atoms with van der Waals surface area (Å²) in [6.07, 6.45) is 9.82. The molecule has 2 aliphatic rings. The Hall–Kier alpha value is -5.31. The molecule has 1 aliphatic carbocycles. The maximum Gasteiger partial charge on any atom is 0.0586 e. The van der Waals surface area contributed by atoms with Gasteiger partial charge in [-0.25, -0.2) is 0 Å². The summed E-state index contributed by atoms with van der Waals surface area (Å²) in [5.74, 6) is 2.29. The van der Waals surface area contributed by atoms with Crippen molar-refractivity contribution in [2.75, 3.05) is 16.4 Å². The first-order valence-electron chi connectivity index (χ1n) is 19.4. The van der Waals surface area contributed by atoms with Gasteiger partial charge in [-0.1, -0.05) is 161 Å². The summed E-state index contributed by atoms with van der Waals surface area (Å²) in [6, 6.07) is 47.9. The minimum atomic E-state index is -1.14. The molecule has 1 heterocycles. The topological polar surface area (TPSA) is 3.24 Å². The molecule has 0 aromatic heterocycles. The van der Waals surface area contributed by atoms with Crippen LogP contribution in [0.5, 0.6) is 0 Å². The fraction of sp³-hybridized carbons (Fsp3) is 0.192. The van der Waals surface area contributed by atoms with E-state index in [1.165, 1.54) is 87.7 Å². The predicted octanol–water partition coefficient (Wildman–Crippen LogP) is 15.0. The third kappa shape index (κ3) is 5.89. The Morgan fingerprint density at radius 1 is 0.685 bits per heavy atom. The fourth-order valence-electron chi connectivity index (χ4n) is 9.00. The molecule has 0 radical (unpaired) electrons. The minimum Gasteiger partial charge on any atom is -0.308 e. The Morgan fingerprint density at radius 3 is 1.91 bits per heavy atom. The highest BCUT2D eigenvalue weighted by Crippen LogP contribution is 2.71. The Bertz CT molecular complexity index is 2450. The molecule has 8 rings (SSSR count). The first-order chi connectivity index (χ1) is 26.2. The smallest absolute Gasteiger partial charge is 0.0586 e. The van der Waals surface area contributed by atoms with Gasteiger partial charge >= 0.3 is 0 Å². The molecular weight excluding hydrogens is 671 g/mol. The van der Waals surface area contributed by atoms with Gasteiger partial charge in [0.05, 0.1) is 17.1 Å². The number of para-hydroxylation sites is 2. The summed E-state index contributed by atoms with van der Waals surface area (Å²) in [5.41, 5.74) is 15.5. The molecule has 0 saturated carbocycles. The van der Waals surface area contributed by atoms with Crippen molar-refractivity contribution in [3.8, 4) is 11.1 Å². The van der Waals surface area contributed by atoms with Crippen LogP contribution in [0.15, 0.2) is 173 Å². The number of fused-ring (bicyclic) bond motifs is 4. The second-order valence-corrected chi connectivity index (χ2v) is 19.2. The largest absolute Gasteiger partial charge is 0.308 e. The molecule has 6 aromatic rings. The summed E-state index contributed by atoms with van der Waals surface area (Å²) in [4.78, 5) is 5.52. The van der Waals surface area contributed by atoms with E-state index in [1.807, 2.05) is 6.08 Å². The summed E-state index contributed by atoms with van der Waals surface area (Å²) in [7, 11) is -1.14. The molecular formula is C52H51NS. The van der Waals surface area contributed by atoms with Gasteiger partial charge in [-0.15, -0.1) is 0 Å². The zero-order valence-corrected chi connectivity index (χ0v) is 33.4. The maximum absolute atomic E-state index is 4.15. The molecule has 270 valence electrons. The van der Waals surface area contributed by atoms with Crippen LogP contribution >= 0.6 is 10.0 Å². The summed E-state index contributed by atoms with van der Waals surface area (Å²) < 4.78 is 0. The van der Waals surface area contributed by atoms with Crippen molar-refractivity contribution in [3.05, 3.63) is 185 Å². The van der Waals surface area contributed by atoms with Crippen LogP contribution < -0.4 is 4.90 Å². The highest BCUT2D eigenvalue weighted by molar-refractivity contribution is 8.34. The standard InChI is InChI=1S/C52H51NS/c1-8-39-35-41-30-27-38(34-46(41)52(6,7)45(39)33-36(4)5)24-23-37-25-28-40(29-26-37)42-31-32-47(44-18-12-11-17-43(42)44)53-48-19-13-15-21-50(48)54(9-2,10-3)51-22-16-14-20-49(51)53/h8,11-34H,1,9-10,35H2,2-7H3/b24-23+. The number of hydrogen-bond donors (Lipinski definition) is 0. The molecule has 0 N–H and O–H groups in total. The maximum atomic E-state index is 4.15. The first-order valence-corrected chi connectivity index (χ1v) is 21.4. The Balaban J connectivity index is 1.13. The molecule has 0 spiro atoms. The molecule has 0 atom stereocenters. The Labute approximate surface area is 324 Å². The molecule has 6 aromatic carbocycles. The molecule has 1 aliphatic heterocycles. The van der Waals surface area contributed by atoms with Crippen LogP contribution in [0.4, 0.5) is 17.1 Å².